The Balaban J connectivity index is 2.34. The Kier molecular flexibility index (Phi) is 2.53. The average molecular weight is 249 g/mol. The van der Waals surface area contributed by atoms with E-state index < -0.39 is 0 Å². The molecule has 0 unspecified atom stereocenters. The maximum Gasteiger partial charge on any atom is 0.0400 e. The Hall–Kier alpha value is -2.68. The van der Waals surface area contributed by atoms with Crippen molar-refractivity contribution in [3.63, 3.8) is 0 Å². The molecule has 0 fully saturated rings. The zero-order valence-electron chi connectivity index (χ0n) is 10.4. The molecule has 0 bridgehead atoms. The molecule has 0 aliphatic carbocycles. The first-order valence-electron chi connectivity index (χ1n) is 6.09. The Morgan fingerprint density at radius 2 is 1.16 bits per heavy atom. The number of benzene rings is 3. The Bertz CT molecular complexity index is 749. The lowest BCUT2D eigenvalue weighted by Crippen LogP contribution is -1.96. The van der Waals surface area contributed by atoms with Crippen LogP contribution in [0.5, 0.6) is 0 Å². The zero-order chi connectivity index (χ0) is 13.4. The summed E-state index contributed by atoms with van der Waals surface area (Å²) < 4.78 is 0. The van der Waals surface area contributed by atoms with E-state index >= 15 is 0 Å². The van der Waals surface area contributed by atoms with Crippen LogP contribution in [0.1, 0.15) is 0 Å². The van der Waals surface area contributed by atoms with Gasteiger partial charge in [0.25, 0.3) is 0 Å². The molecule has 3 heteroatoms. The van der Waals surface area contributed by atoms with Crippen molar-refractivity contribution in [2.45, 2.75) is 0 Å². The highest BCUT2D eigenvalue weighted by Crippen LogP contribution is 2.35. The fourth-order valence-electron chi connectivity index (χ4n) is 2.32. The fraction of sp³-hybridized carbons (Fsp3) is 0. The van der Waals surface area contributed by atoms with Crippen molar-refractivity contribution in [3.8, 4) is 11.1 Å². The van der Waals surface area contributed by atoms with Gasteiger partial charge in [0.2, 0.25) is 0 Å². The molecular formula is C16H15N3. The normalized spacial score (nSPS) is 10.7. The lowest BCUT2D eigenvalue weighted by atomic mass is 9.98. The Morgan fingerprint density at radius 3 is 1.79 bits per heavy atom. The van der Waals surface area contributed by atoms with E-state index in [4.69, 9.17) is 17.2 Å². The molecule has 0 atom stereocenters. The van der Waals surface area contributed by atoms with Gasteiger partial charge in [-0.15, -0.1) is 0 Å². The summed E-state index contributed by atoms with van der Waals surface area (Å²) in [6.07, 6.45) is 0. The second-order valence-electron chi connectivity index (χ2n) is 4.60. The lowest BCUT2D eigenvalue weighted by molar-refractivity contribution is 1.63. The van der Waals surface area contributed by atoms with E-state index in [1.165, 1.54) is 0 Å². The van der Waals surface area contributed by atoms with Gasteiger partial charge >= 0.3 is 0 Å². The van der Waals surface area contributed by atoms with E-state index in [2.05, 4.69) is 0 Å². The van der Waals surface area contributed by atoms with Crippen LogP contribution >= 0.6 is 0 Å². The van der Waals surface area contributed by atoms with Gasteiger partial charge in [-0.25, -0.2) is 0 Å². The van der Waals surface area contributed by atoms with Crippen LogP contribution in [-0.2, 0) is 0 Å². The molecule has 0 spiro atoms. The minimum absolute atomic E-state index is 0.690. The number of fused-ring (bicyclic) bond motifs is 1. The van der Waals surface area contributed by atoms with E-state index in [0.29, 0.717) is 17.1 Å². The topological polar surface area (TPSA) is 78.1 Å². The number of anilines is 3. The fourth-order valence-corrected chi connectivity index (χ4v) is 2.32. The van der Waals surface area contributed by atoms with Crippen LogP contribution in [0.4, 0.5) is 17.1 Å². The van der Waals surface area contributed by atoms with Crippen LogP contribution in [0.25, 0.3) is 21.9 Å². The van der Waals surface area contributed by atoms with E-state index in [1.807, 2.05) is 48.5 Å². The molecule has 0 radical (unpaired) electrons. The largest absolute Gasteiger partial charge is 0.398 e. The molecule has 6 N–H and O–H groups in total. The molecule has 94 valence electrons. The van der Waals surface area contributed by atoms with Crippen molar-refractivity contribution in [2.75, 3.05) is 17.2 Å². The van der Waals surface area contributed by atoms with Crippen LogP contribution in [0, 0.1) is 0 Å². The maximum atomic E-state index is 6.14. The highest BCUT2D eigenvalue weighted by atomic mass is 14.6. The number of nitrogen functional groups attached to an aromatic ring is 3. The van der Waals surface area contributed by atoms with Crippen LogP contribution in [-0.4, -0.2) is 0 Å². The molecule has 3 nitrogen and oxygen atoms in total. The molecule has 0 saturated heterocycles. The smallest absolute Gasteiger partial charge is 0.0400 e. The van der Waals surface area contributed by atoms with Gasteiger partial charge in [0.15, 0.2) is 0 Å². The molecule has 3 rings (SSSR count). The SMILES string of the molecule is Nc1cc2c(N)ccc(N)c2cc1-c1ccccc1. The summed E-state index contributed by atoms with van der Waals surface area (Å²) >= 11 is 0. The van der Waals surface area contributed by atoms with Crippen molar-refractivity contribution in [2.24, 2.45) is 0 Å². The van der Waals surface area contributed by atoms with Crippen molar-refractivity contribution < 1.29 is 0 Å². The van der Waals surface area contributed by atoms with E-state index in [0.717, 1.165) is 21.9 Å². The standard InChI is InChI=1S/C16H15N3/c17-14-6-7-15(18)13-9-16(19)11(8-12(13)14)10-4-2-1-3-5-10/h1-9H,17-19H2. The summed E-state index contributed by atoms with van der Waals surface area (Å²) in [5, 5.41) is 1.84. The number of hydrogen-bond donors (Lipinski definition) is 3. The molecule has 0 aromatic heterocycles. The summed E-state index contributed by atoms with van der Waals surface area (Å²) in [4.78, 5) is 0. The summed E-state index contributed by atoms with van der Waals surface area (Å²) in [6, 6.07) is 17.5. The summed E-state index contributed by atoms with van der Waals surface area (Å²) in [5.41, 5.74) is 22.3. The van der Waals surface area contributed by atoms with Gasteiger partial charge < -0.3 is 17.2 Å². The first-order chi connectivity index (χ1) is 9.16. The zero-order valence-corrected chi connectivity index (χ0v) is 10.4. The summed E-state index contributed by atoms with van der Waals surface area (Å²) in [7, 11) is 0. The first kappa shape index (κ1) is 11.4. The van der Waals surface area contributed by atoms with Gasteiger partial charge in [-0.2, -0.15) is 0 Å². The van der Waals surface area contributed by atoms with Crippen LogP contribution in [0.3, 0.4) is 0 Å². The lowest BCUT2D eigenvalue weighted by Gasteiger charge is -2.11. The Morgan fingerprint density at radius 1 is 0.579 bits per heavy atom. The minimum atomic E-state index is 0.690. The van der Waals surface area contributed by atoms with Crippen molar-refractivity contribution in [3.05, 3.63) is 54.6 Å². The molecule has 0 amide bonds. The number of rotatable bonds is 1. The van der Waals surface area contributed by atoms with Gasteiger partial charge in [-0.3, -0.25) is 0 Å². The first-order valence-corrected chi connectivity index (χ1v) is 6.09. The average Bonchev–Trinajstić information content (AvgIpc) is 2.44. The predicted octanol–water partition coefficient (Wildman–Crippen LogP) is 3.25. The molecule has 0 aliphatic heterocycles. The molecule has 0 aliphatic rings. The van der Waals surface area contributed by atoms with Crippen molar-refractivity contribution in [1.29, 1.82) is 0 Å². The van der Waals surface area contributed by atoms with Gasteiger partial charge in [-0.05, 0) is 29.8 Å². The van der Waals surface area contributed by atoms with Crippen molar-refractivity contribution in [1.82, 2.24) is 0 Å². The third-order valence-corrected chi connectivity index (χ3v) is 3.34. The highest BCUT2D eigenvalue weighted by Gasteiger charge is 2.08. The molecule has 19 heavy (non-hydrogen) atoms. The number of hydrogen-bond acceptors (Lipinski definition) is 3. The van der Waals surface area contributed by atoms with Crippen LogP contribution < -0.4 is 17.2 Å². The minimum Gasteiger partial charge on any atom is -0.398 e. The monoisotopic (exact) mass is 249 g/mol. The van der Waals surface area contributed by atoms with Crippen molar-refractivity contribution >= 4 is 27.8 Å². The summed E-state index contributed by atoms with van der Waals surface area (Å²) in [5.74, 6) is 0. The Labute approximate surface area is 111 Å². The maximum absolute atomic E-state index is 6.14. The second-order valence-corrected chi connectivity index (χ2v) is 4.60. The van der Waals surface area contributed by atoms with Gasteiger partial charge in [0.1, 0.15) is 0 Å². The molecule has 0 saturated carbocycles. The van der Waals surface area contributed by atoms with Gasteiger partial charge in [-0.1, -0.05) is 30.3 Å². The van der Waals surface area contributed by atoms with Gasteiger partial charge in [0.05, 0.1) is 0 Å². The molecule has 0 heterocycles. The number of nitrogens with two attached hydrogens (primary N) is 3. The predicted molar refractivity (Wildman–Crippen MR) is 82.6 cm³/mol. The molecular weight excluding hydrogens is 234 g/mol. The highest BCUT2D eigenvalue weighted by molar-refractivity contribution is 6.05. The third kappa shape index (κ3) is 1.85. The molecule has 3 aromatic rings. The van der Waals surface area contributed by atoms with E-state index in [1.54, 1.807) is 6.07 Å². The third-order valence-electron chi connectivity index (χ3n) is 3.34. The van der Waals surface area contributed by atoms with Crippen LogP contribution in [0.2, 0.25) is 0 Å². The second kappa shape index (κ2) is 4.21. The molecule has 3 aromatic carbocycles. The summed E-state index contributed by atoms with van der Waals surface area (Å²) in [6.45, 7) is 0. The van der Waals surface area contributed by atoms with E-state index in [-0.39, 0.29) is 0 Å². The van der Waals surface area contributed by atoms with Gasteiger partial charge in [0, 0.05) is 33.4 Å². The van der Waals surface area contributed by atoms with E-state index in [9.17, 15) is 0 Å². The van der Waals surface area contributed by atoms with Crippen LogP contribution in [0.15, 0.2) is 54.6 Å². The quantitative estimate of drug-likeness (QED) is 0.579.